The monoisotopic (exact) mass is 532 g/mol. The maximum atomic E-state index is 14.9. The molecule has 2 aromatic rings. The van der Waals surface area contributed by atoms with Gasteiger partial charge in [0.2, 0.25) is 0 Å². The molecule has 4 nitrogen and oxygen atoms in total. The summed E-state index contributed by atoms with van der Waals surface area (Å²) in [6.45, 7) is -2.30. The molecule has 158 valence electrons. The summed E-state index contributed by atoms with van der Waals surface area (Å²) in [6, 6.07) is 5.37. The minimum atomic E-state index is -4.79. The molecule has 3 rings (SSSR count). The number of hydrogen-bond acceptors (Lipinski definition) is 3. The first-order valence-electron chi connectivity index (χ1n) is 8.27. The van der Waals surface area contributed by atoms with Crippen molar-refractivity contribution in [3.63, 3.8) is 0 Å². The van der Waals surface area contributed by atoms with Gasteiger partial charge in [0.05, 0.1) is 5.56 Å². The SMILES string of the molecule is Cn1cc(C(F)(F)F)cc(OC(F)F)c1=N[C@]1(C)c2ccc(I)cc2OC[C@@H]1F. The molecule has 1 aliphatic heterocycles. The van der Waals surface area contributed by atoms with Crippen LogP contribution in [0.15, 0.2) is 35.5 Å². The molecule has 0 saturated heterocycles. The van der Waals surface area contributed by atoms with Gasteiger partial charge < -0.3 is 14.0 Å². The number of hydrogen-bond donors (Lipinski definition) is 0. The van der Waals surface area contributed by atoms with E-state index in [1.807, 2.05) is 22.6 Å². The standard InChI is InChI=1S/C18H15F6IN2O2/c1-17(11-4-3-10(25)6-12(11)28-8-14(17)19)26-15-13(29-16(20)21)5-9(7-27(15)2)18(22,23)24/h3-7,14,16H,8H2,1-2H3/t14-,17+/m0/s1. The van der Waals surface area contributed by atoms with Gasteiger partial charge >= 0.3 is 12.8 Å². The molecule has 11 heteroatoms. The van der Waals surface area contributed by atoms with E-state index >= 15 is 0 Å². The minimum absolute atomic E-state index is 0.345. The van der Waals surface area contributed by atoms with Crippen molar-refractivity contribution in [3.8, 4) is 11.5 Å². The highest BCUT2D eigenvalue weighted by Gasteiger charge is 2.43. The minimum Gasteiger partial charge on any atom is -0.490 e. The van der Waals surface area contributed by atoms with Crippen LogP contribution in [-0.2, 0) is 18.8 Å². The Bertz CT molecular complexity index is 991. The van der Waals surface area contributed by atoms with Gasteiger partial charge in [-0.1, -0.05) is 6.07 Å². The topological polar surface area (TPSA) is 35.8 Å². The largest absolute Gasteiger partial charge is 0.490 e. The Balaban J connectivity index is 2.27. The summed E-state index contributed by atoms with van der Waals surface area (Å²) in [5.41, 5.74) is -2.79. The van der Waals surface area contributed by atoms with Gasteiger partial charge in [0.1, 0.15) is 17.9 Å². The summed E-state index contributed by atoms with van der Waals surface area (Å²) in [5, 5.41) is 0. The maximum Gasteiger partial charge on any atom is 0.417 e. The van der Waals surface area contributed by atoms with Crippen molar-refractivity contribution in [1.82, 2.24) is 4.57 Å². The lowest BCUT2D eigenvalue weighted by molar-refractivity contribution is -0.138. The van der Waals surface area contributed by atoms with Gasteiger partial charge in [-0.2, -0.15) is 22.0 Å². The van der Waals surface area contributed by atoms with Crippen LogP contribution in [0.4, 0.5) is 26.3 Å². The van der Waals surface area contributed by atoms with Crippen LogP contribution in [0.25, 0.3) is 0 Å². The maximum absolute atomic E-state index is 14.9. The normalized spacial score (nSPS) is 22.4. The van der Waals surface area contributed by atoms with Gasteiger partial charge in [0, 0.05) is 22.4 Å². The molecule has 0 unspecified atom stereocenters. The van der Waals surface area contributed by atoms with Crippen LogP contribution < -0.4 is 15.0 Å². The highest BCUT2D eigenvalue weighted by molar-refractivity contribution is 14.1. The number of halogens is 7. The van der Waals surface area contributed by atoms with E-state index in [2.05, 4.69) is 9.73 Å². The number of pyridine rings is 1. The summed E-state index contributed by atoms with van der Waals surface area (Å²) in [5.74, 6) is -0.438. The molecule has 0 aliphatic carbocycles. The first-order valence-corrected chi connectivity index (χ1v) is 9.35. The lowest BCUT2D eigenvalue weighted by atomic mass is 9.85. The van der Waals surface area contributed by atoms with Gasteiger partial charge in [-0.15, -0.1) is 0 Å². The first-order chi connectivity index (χ1) is 13.4. The molecule has 2 heterocycles. The molecule has 0 radical (unpaired) electrons. The Morgan fingerprint density at radius 2 is 2.00 bits per heavy atom. The Morgan fingerprint density at radius 1 is 1.31 bits per heavy atom. The van der Waals surface area contributed by atoms with Crippen molar-refractivity contribution in [2.75, 3.05) is 6.61 Å². The summed E-state index contributed by atoms with van der Waals surface area (Å²) < 4.78 is 91.2. The molecule has 0 spiro atoms. The molecule has 1 aromatic carbocycles. The summed E-state index contributed by atoms with van der Waals surface area (Å²) in [4.78, 5) is 4.26. The fourth-order valence-electron chi connectivity index (χ4n) is 3.04. The van der Waals surface area contributed by atoms with E-state index in [9.17, 15) is 26.3 Å². The average molecular weight is 532 g/mol. The van der Waals surface area contributed by atoms with Crippen LogP contribution in [0.1, 0.15) is 18.1 Å². The third kappa shape index (κ3) is 4.33. The first kappa shape index (κ1) is 21.8. The molecule has 0 saturated carbocycles. The number of ether oxygens (including phenoxy) is 2. The Morgan fingerprint density at radius 3 is 2.62 bits per heavy atom. The third-order valence-corrected chi connectivity index (χ3v) is 5.21. The molecule has 1 aromatic heterocycles. The van der Waals surface area contributed by atoms with E-state index in [4.69, 9.17) is 4.74 Å². The van der Waals surface area contributed by atoms with Crippen LogP contribution in [0.3, 0.4) is 0 Å². The van der Waals surface area contributed by atoms with Crippen molar-refractivity contribution in [1.29, 1.82) is 0 Å². The second-order valence-electron chi connectivity index (χ2n) is 6.58. The van der Waals surface area contributed by atoms with E-state index in [0.29, 0.717) is 23.6 Å². The van der Waals surface area contributed by atoms with Crippen LogP contribution in [0, 0.1) is 3.57 Å². The van der Waals surface area contributed by atoms with Crippen molar-refractivity contribution < 1.29 is 35.8 Å². The Hall–Kier alpha value is -1.92. The van der Waals surface area contributed by atoms with Gasteiger partial charge in [0.25, 0.3) is 0 Å². The highest BCUT2D eigenvalue weighted by Crippen LogP contribution is 2.42. The quantitative estimate of drug-likeness (QED) is 0.421. The number of nitrogens with zero attached hydrogens (tertiary/aromatic N) is 2. The predicted octanol–water partition coefficient (Wildman–Crippen LogP) is 4.80. The van der Waals surface area contributed by atoms with E-state index in [0.717, 1.165) is 8.14 Å². The van der Waals surface area contributed by atoms with Gasteiger partial charge in [0.15, 0.2) is 17.4 Å². The second-order valence-corrected chi connectivity index (χ2v) is 7.83. The van der Waals surface area contributed by atoms with Crippen LogP contribution >= 0.6 is 22.6 Å². The van der Waals surface area contributed by atoms with Crippen molar-refractivity contribution in [3.05, 3.63) is 50.6 Å². The van der Waals surface area contributed by atoms with Crippen LogP contribution in [0.5, 0.6) is 11.5 Å². The summed E-state index contributed by atoms with van der Waals surface area (Å²) in [6.07, 6.45) is -5.77. The molecule has 2 atom stereocenters. The Labute approximate surface area is 175 Å². The lowest BCUT2D eigenvalue weighted by Crippen LogP contribution is -2.43. The van der Waals surface area contributed by atoms with E-state index in [1.165, 1.54) is 14.0 Å². The van der Waals surface area contributed by atoms with Gasteiger partial charge in [-0.05, 0) is 47.7 Å². The highest BCUT2D eigenvalue weighted by atomic mass is 127. The number of alkyl halides is 6. The predicted molar refractivity (Wildman–Crippen MR) is 99.5 cm³/mol. The smallest absolute Gasteiger partial charge is 0.417 e. The number of benzene rings is 1. The van der Waals surface area contributed by atoms with E-state index < -0.39 is 35.8 Å². The molecule has 0 N–H and O–H groups in total. The summed E-state index contributed by atoms with van der Waals surface area (Å²) >= 11 is 2.04. The van der Waals surface area contributed by atoms with Crippen LogP contribution in [-0.4, -0.2) is 24.0 Å². The molecule has 1 aliphatic rings. The van der Waals surface area contributed by atoms with Gasteiger partial charge in [-0.25, -0.2) is 4.39 Å². The number of fused-ring (bicyclic) bond motifs is 1. The molecule has 0 fully saturated rings. The number of rotatable bonds is 3. The second kappa shape index (κ2) is 7.73. The van der Waals surface area contributed by atoms with Crippen molar-refractivity contribution in [2.45, 2.75) is 31.4 Å². The fourth-order valence-corrected chi connectivity index (χ4v) is 3.50. The average Bonchev–Trinajstić information content (AvgIpc) is 2.60. The zero-order chi connectivity index (χ0) is 21.6. The zero-order valence-electron chi connectivity index (χ0n) is 15.1. The zero-order valence-corrected chi connectivity index (χ0v) is 17.3. The molecular weight excluding hydrogens is 517 g/mol. The molecule has 0 amide bonds. The lowest BCUT2D eigenvalue weighted by Gasteiger charge is -2.35. The van der Waals surface area contributed by atoms with Crippen molar-refractivity contribution >= 4 is 22.6 Å². The summed E-state index contributed by atoms with van der Waals surface area (Å²) in [7, 11) is 1.19. The van der Waals surface area contributed by atoms with Crippen molar-refractivity contribution in [2.24, 2.45) is 12.0 Å². The third-order valence-electron chi connectivity index (χ3n) is 4.54. The van der Waals surface area contributed by atoms with Gasteiger partial charge in [-0.3, -0.25) is 4.99 Å². The fraction of sp³-hybridized carbons (Fsp3) is 0.389. The number of aryl methyl sites for hydroxylation is 1. The number of aromatic nitrogens is 1. The van der Waals surface area contributed by atoms with E-state index in [1.54, 1.807) is 18.2 Å². The van der Waals surface area contributed by atoms with E-state index in [-0.39, 0.29) is 12.1 Å². The molecular formula is C18H15F6IN2O2. The molecule has 0 bridgehead atoms. The van der Waals surface area contributed by atoms with Crippen LogP contribution in [0.2, 0.25) is 0 Å². The Kier molecular flexibility index (Phi) is 5.80. The molecule has 29 heavy (non-hydrogen) atoms.